The second-order valence-electron chi connectivity index (χ2n) is 3.18. The quantitative estimate of drug-likeness (QED) is 0.812. The number of phenolic OH excluding ortho intramolecular Hbond substituents is 1. The molecule has 0 amide bonds. The fraction of sp³-hybridized carbons (Fsp3) is 0.273. The molecule has 0 aliphatic rings. The van der Waals surface area contributed by atoms with Crippen molar-refractivity contribution in [3.8, 4) is 5.75 Å². The number of aromatic hydroxyl groups is 1. The normalized spacial score (nSPS) is 12.4. The van der Waals surface area contributed by atoms with Gasteiger partial charge < -0.3 is 10.4 Å². The van der Waals surface area contributed by atoms with Crippen LogP contribution in [0.25, 0.3) is 0 Å². The van der Waals surface area contributed by atoms with Gasteiger partial charge in [-0.25, -0.2) is 0 Å². The molecule has 2 N–H and O–H groups in total. The summed E-state index contributed by atoms with van der Waals surface area (Å²) >= 11 is 3.43. The van der Waals surface area contributed by atoms with Gasteiger partial charge in [0.25, 0.3) is 0 Å². The van der Waals surface area contributed by atoms with Crippen molar-refractivity contribution in [1.29, 1.82) is 0 Å². The maximum atomic E-state index is 9.29. The SMILES string of the molecule is C=CC(C)NCc1cc(O)ccc1Br. The van der Waals surface area contributed by atoms with Crippen molar-refractivity contribution in [2.75, 3.05) is 0 Å². The van der Waals surface area contributed by atoms with Crippen LogP contribution in [0.1, 0.15) is 12.5 Å². The Kier molecular flexibility index (Phi) is 4.17. The van der Waals surface area contributed by atoms with Crippen LogP contribution in [0, 0.1) is 0 Å². The topological polar surface area (TPSA) is 32.3 Å². The molecule has 14 heavy (non-hydrogen) atoms. The van der Waals surface area contributed by atoms with Crippen LogP contribution in [-0.2, 0) is 6.54 Å². The molecule has 0 aliphatic heterocycles. The molecule has 0 saturated heterocycles. The Labute approximate surface area is 92.8 Å². The van der Waals surface area contributed by atoms with Crippen molar-refractivity contribution in [3.05, 3.63) is 40.9 Å². The number of rotatable bonds is 4. The summed E-state index contributed by atoms with van der Waals surface area (Å²) in [7, 11) is 0. The summed E-state index contributed by atoms with van der Waals surface area (Å²) < 4.78 is 0.999. The standard InChI is InChI=1S/C11H14BrNO/c1-3-8(2)13-7-9-6-10(14)4-5-11(9)12/h3-6,8,13-14H,1,7H2,2H3. The lowest BCUT2D eigenvalue weighted by Gasteiger charge is -2.10. The highest BCUT2D eigenvalue weighted by molar-refractivity contribution is 9.10. The number of hydrogen-bond donors (Lipinski definition) is 2. The first kappa shape index (κ1) is 11.3. The molecule has 0 heterocycles. The van der Waals surface area contributed by atoms with Gasteiger partial charge >= 0.3 is 0 Å². The van der Waals surface area contributed by atoms with Crippen LogP contribution in [-0.4, -0.2) is 11.1 Å². The van der Waals surface area contributed by atoms with Gasteiger partial charge in [0.1, 0.15) is 5.75 Å². The molecule has 1 aromatic carbocycles. The molecule has 0 spiro atoms. The van der Waals surface area contributed by atoms with Crippen LogP contribution in [0.5, 0.6) is 5.75 Å². The van der Waals surface area contributed by atoms with Gasteiger partial charge in [-0.2, -0.15) is 0 Å². The van der Waals surface area contributed by atoms with Gasteiger partial charge in [0, 0.05) is 17.1 Å². The Balaban J connectivity index is 2.66. The number of halogens is 1. The van der Waals surface area contributed by atoms with E-state index in [-0.39, 0.29) is 11.8 Å². The van der Waals surface area contributed by atoms with Crippen LogP contribution in [0.4, 0.5) is 0 Å². The minimum Gasteiger partial charge on any atom is -0.508 e. The monoisotopic (exact) mass is 255 g/mol. The molecule has 0 saturated carbocycles. The highest BCUT2D eigenvalue weighted by Gasteiger charge is 2.02. The molecule has 3 heteroatoms. The second kappa shape index (κ2) is 5.17. The fourth-order valence-electron chi connectivity index (χ4n) is 1.05. The summed E-state index contributed by atoms with van der Waals surface area (Å²) in [5, 5.41) is 12.5. The summed E-state index contributed by atoms with van der Waals surface area (Å²) in [5.41, 5.74) is 1.04. The van der Waals surface area contributed by atoms with Crippen LogP contribution in [0.15, 0.2) is 35.3 Å². The van der Waals surface area contributed by atoms with Crippen LogP contribution in [0.3, 0.4) is 0 Å². The van der Waals surface area contributed by atoms with E-state index in [1.54, 1.807) is 12.1 Å². The lowest BCUT2D eigenvalue weighted by molar-refractivity contribution is 0.473. The van der Waals surface area contributed by atoms with Crippen LogP contribution >= 0.6 is 15.9 Å². The average Bonchev–Trinajstić information content (AvgIpc) is 2.19. The number of hydrogen-bond acceptors (Lipinski definition) is 2. The van der Waals surface area contributed by atoms with E-state index in [0.29, 0.717) is 6.54 Å². The van der Waals surface area contributed by atoms with E-state index in [9.17, 15) is 5.11 Å². The number of nitrogens with one attached hydrogen (secondary N) is 1. The predicted octanol–water partition coefficient (Wildman–Crippen LogP) is 2.82. The molecule has 0 aliphatic carbocycles. The zero-order valence-electron chi connectivity index (χ0n) is 8.13. The van der Waals surface area contributed by atoms with Crippen molar-refractivity contribution in [1.82, 2.24) is 5.32 Å². The molecular formula is C11H14BrNO. The molecule has 1 rings (SSSR count). The molecular weight excluding hydrogens is 242 g/mol. The third-order valence-corrected chi connectivity index (χ3v) is 2.77. The summed E-state index contributed by atoms with van der Waals surface area (Å²) in [6.07, 6.45) is 1.84. The van der Waals surface area contributed by atoms with Crippen molar-refractivity contribution in [2.24, 2.45) is 0 Å². The molecule has 1 unspecified atom stereocenters. The molecule has 76 valence electrons. The Morgan fingerprint density at radius 2 is 2.36 bits per heavy atom. The maximum Gasteiger partial charge on any atom is 0.115 e. The van der Waals surface area contributed by atoms with Gasteiger partial charge in [-0.3, -0.25) is 0 Å². The third-order valence-electron chi connectivity index (χ3n) is 2.00. The van der Waals surface area contributed by atoms with Gasteiger partial charge in [-0.15, -0.1) is 6.58 Å². The average molecular weight is 256 g/mol. The van der Waals surface area contributed by atoms with Crippen molar-refractivity contribution in [2.45, 2.75) is 19.5 Å². The van der Waals surface area contributed by atoms with E-state index in [4.69, 9.17) is 0 Å². The lowest BCUT2D eigenvalue weighted by atomic mass is 10.2. The Morgan fingerprint density at radius 1 is 1.64 bits per heavy atom. The van der Waals surface area contributed by atoms with Crippen molar-refractivity contribution >= 4 is 15.9 Å². The fourth-order valence-corrected chi connectivity index (χ4v) is 1.44. The van der Waals surface area contributed by atoms with E-state index < -0.39 is 0 Å². The van der Waals surface area contributed by atoms with Gasteiger partial charge in [0.15, 0.2) is 0 Å². The van der Waals surface area contributed by atoms with Gasteiger partial charge in [-0.05, 0) is 30.7 Å². The predicted molar refractivity (Wildman–Crippen MR) is 62.3 cm³/mol. The smallest absolute Gasteiger partial charge is 0.115 e. The Bertz CT molecular complexity index is 325. The second-order valence-corrected chi connectivity index (χ2v) is 4.04. The lowest BCUT2D eigenvalue weighted by Crippen LogP contribution is -2.23. The highest BCUT2D eigenvalue weighted by atomic mass is 79.9. The van der Waals surface area contributed by atoms with Crippen LogP contribution < -0.4 is 5.32 Å². The van der Waals surface area contributed by atoms with E-state index in [2.05, 4.69) is 27.8 Å². The Hall–Kier alpha value is -0.800. The number of benzene rings is 1. The summed E-state index contributed by atoms with van der Waals surface area (Å²) in [5.74, 6) is 0.288. The maximum absolute atomic E-state index is 9.29. The van der Waals surface area contributed by atoms with E-state index in [1.807, 2.05) is 19.1 Å². The molecule has 2 nitrogen and oxygen atoms in total. The van der Waals surface area contributed by atoms with Crippen molar-refractivity contribution < 1.29 is 5.11 Å². The molecule has 0 radical (unpaired) electrons. The first-order valence-corrected chi connectivity index (χ1v) is 5.26. The molecule has 0 fully saturated rings. The van der Waals surface area contributed by atoms with Gasteiger partial charge in [0.05, 0.1) is 0 Å². The number of phenols is 1. The van der Waals surface area contributed by atoms with E-state index >= 15 is 0 Å². The highest BCUT2D eigenvalue weighted by Crippen LogP contribution is 2.21. The summed E-state index contributed by atoms with van der Waals surface area (Å²) in [4.78, 5) is 0. The van der Waals surface area contributed by atoms with Gasteiger partial charge in [0.2, 0.25) is 0 Å². The zero-order chi connectivity index (χ0) is 10.6. The van der Waals surface area contributed by atoms with Crippen LogP contribution in [0.2, 0.25) is 0 Å². The zero-order valence-corrected chi connectivity index (χ0v) is 9.71. The summed E-state index contributed by atoms with van der Waals surface area (Å²) in [6.45, 7) is 6.43. The minimum atomic E-state index is 0.268. The van der Waals surface area contributed by atoms with E-state index in [0.717, 1.165) is 10.0 Å². The van der Waals surface area contributed by atoms with Crippen molar-refractivity contribution in [3.63, 3.8) is 0 Å². The first-order valence-electron chi connectivity index (χ1n) is 4.47. The molecule has 1 aromatic rings. The molecule has 0 bridgehead atoms. The first-order chi connectivity index (χ1) is 6.63. The minimum absolute atomic E-state index is 0.268. The largest absolute Gasteiger partial charge is 0.508 e. The molecule has 0 aromatic heterocycles. The Morgan fingerprint density at radius 3 is 3.00 bits per heavy atom. The molecule has 1 atom stereocenters. The van der Waals surface area contributed by atoms with Gasteiger partial charge in [-0.1, -0.05) is 22.0 Å². The van der Waals surface area contributed by atoms with E-state index in [1.165, 1.54) is 0 Å². The third kappa shape index (κ3) is 3.16. The summed E-state index contributed by atoms with van der Waals surface area (Å²) in [6, 6.07) is 5.51.